The zero-order chi connectivity index (χ0) is 14.6. The highest BCUT2D eigenvalue weighted by Gasteiger charge is 2.22. The molecule has 0 saturated heterocycles. The van der Waals surface area contributed by atoms with Crippen molar-refractivity contribution in [1.82, 2.24) is 5.32 Å². The van der Waals surface area contributed by atoms with E-state index in [2.05, 4.69) is 53.3 Å². The van der Waals surface area contributed by atoms with E-state index in [-0.39, 0.29) is 0 Å². The number of rotatable bonds is 6. The van der Waals surface area contributed by atoms with Gasteiger partial charge in [-0.3, -0.25) is 0 Å². The first-order chi connectivity index (χ1) is 9.50. The molecule has 0 radical (unpaired) electrons. The van der Waals surface area contributed by atoms with E-state index in [1.165, 1.54) is 28.4 Å². The summed E-state index contributed by atoms with van der Waals surface area (Å²) in [7, 11) is 1.78. The van der Waals surface area contributed by atoms with Crippen LogP contribution in [0.2, 0.25) is 0 Å². The molecule has 1 unspecified atom stereocenters. The molecule has 20 heavy (non-hydrogen) atoms. The normalized spacial score (nSPS) is 18.9. The molecule has 1 aliphatic rings. The van der Waals surface area contributed by atoms with Gasteiger partial charge in [0.25, 0.3) is 0 Å². The van der Waals surface area contributed by atoms with Crippen molar-refractivity contribution >= 4 is 15.9 Å². The largest absolute Gasteiger partial charge is 0.385 e. The van der Waals surface area contributed by atoms with Gasteiger partial charge in [-0.2, -0.15) is 0 Å². The van der Waals surface area contributed by atoms with Crippen LogP contribution >= 0.6 is 15.9 Å². The molecule has 1 N–H and O–H groups in total. The van der Waals surface area contributed by atoms with E-state index < -0.39 is 0 Å². The Morgan fingerprint density at radius 2 is 2.15 bits per heavy atom. The first kappa shape index (κ1) is 16.0. The molecule has 0 aromatic heterocycles. The third-order valence-corrected chi connectivity index (χ3v) is 4.74. The number of methoxy groups -OCH3 is 1. The summed E-state index contributed by atoms with van der Waals surface area (Å²) in [6.07, 6.45) is 4.68. The van der Waals surface area contributed by atoms with Gasteiger partial charge in [-0.05, 0) is 54.4 Å². The van der Waals surface area contributed by atoms with Gasteiger partial charge in [0.05, 0.1) is 0 Å². The number of ether oxygens (including phenoxy) is 1. The predicted octanol–water partition coefficient (Wildman–Crippen LogP) is 3.96. The summed E-state index contributed by atoms with van der Waals surface area (Å²) in [5.41, 5.74) is 3.32. The summed E-state index contributed by atoms with van der Waals surface area (Å²) in [6.45, 7) is 6.53. The number of halogens is 1. The van der Waals surface area contributed by atoms with Crippen LogP contribution in [0.1, 0.15) is 37.8 Å². The third-order valence-electron chi connectivity index (χ3n) is 4.25. The van der Waals surface area contributed by atoms with E-state index in [4.69, 9.17) is 4.74 Å². The van der Waals surface area contributed by atoms with Crippen molar-refractivity contribution in [2.45, 2.75) is 45.6 Å². The molecule has 0 aliphatic heterocycles. The molecule has 0 saturated carbocycles. The van der Waals surface area contributed by atoms with Crippen LogP contribution in [0.4, 0.5) is 0 Å². The standard InChI is InChI=1S/C17H26BrNO/c1-17(2,8-9-20-3)12-19-16-7-5-13-10-15(18)6-4-14(13)11-16/h4,6,10,16,19H,5,7-9,11-12H2,1-3H3. The first-order valence-electron chi connectivity index (χ1n) is 7.50. The van der Waals surface area contributed by atoms with E-state index in [9.17, 15) is 0 Å². The zero-order valence-corrected chi connectivity index (χ0v) is 14.4. The topological polar surface area (TPSA) is 21.3 Å². The molecule has 0 fully saturated rings. The SMILES string of the molecule is COCCC(C)(C)CNC1CCc2cc(Br)ccc2C1. The van der Waals surface area contributed by atoms with Gasteiger partial charge in [-0.25, -0.2) is 0 Å². The molecule has 2 nitrogen and oxygen atoms in total. The lowest BCUT2D eigenvalue weighted by molar-refractivity contribution is 0.148. The highest BCUT2D eigenvalue weighted by atomic mass is 79.9. The van der Waals surface area contributed by atoms with Gasteiger partial charge < -0.3 is 10.1 Å². The Kier molecular flexibility index (Phi) is 5.65. The first-order valence-corrected chi connectivity index (χ1v) is 8.29. The Hall–Kier alpha value is -0.380. The van der Waals surface area contributed by atoms with Crippen molar-refractivity contribution < 1.29 is 4.74 Å². The lowest BCUT2D eigenvalue weighted by Gasteiger charge is -2.31. The van der Waals surface area contributed by atoms with Gasteiger partial charge in [-0.15, -0.1) is 0 Å². The summed E-state index contributed by atoms with van der Waals surface area (Å²) >= 11 is 3.56. The average Bonchev–Trinajstić information content (AvgIpc) is 2.43. The number of aryl methyl sites for hydroxylation is 1. The minimum absolute atomic E-state index is 0.302. The lowest BCUT2D eigenvalue weighted by atomic mass is 9.86. The van der Waals surface area contributed by atoms with Crippen LogP contribution in [-0.4, -0.2) is 26.3 Å². The highest BCUT2D eigenvalue weighted by Crippen LogP contribution is 2.26. The summed E-state index contributed by atoms with van der Waals surface area (Å²) in [6, 6.07) is 7.31. The number of benzene rings is 1. The monoisotopic (exact) mass is 339 g/mol. The molecule has 2 rings (SSSR count). The van der Waals surface area contributed by atoms with Crippen molar-refractivity contribution in [2.75, 3.05) is 20.3 Å². The van der Waals surface area contributed by atoms with E-state index in [1.54, 1.807) is 7.11 Å². The zero-order valence-electron chi connectivity index (χ0n) is 12.8. The fraction of sp³-hybridized carbons (Fsp3) is 0.647. The molecule has 1 atom stereocenters. The van der Waals surface area contributed by atoms with Crippen LogP contribution in [0.3, 0.4) is 0 Å². The maximum atomic E-state index is 5.19. The predicted molar refractivity (Wildman–Crippen MR) is 88.2 cm³/mol. The molecule has 0 bridgehead atoms. The van der Waals surface area contributed by atoms with Crippen LogP contribution < -0.4 is 5.32 Å². The van der Waals surface area contributed by atoms with Gasteiger partial charge in [0.2, 0.25) is 0 Å². The van der Waals surface area contributed by atoms with E-state index in [0.29, 0.717) is 11.5 Å². The smallest absolute Gasteiger partial charge is 0.0467 e. The fourth-order valence-electron chi connectivity index (χ4n) is 2.79. The van der Waals surface area contributed by atoms with Crippen molar-refractivity contribution in [2.24, 2.45) is 5.41 Å². The highest BCUT2D eigenvalue weighted by molar-refractivity contribution is 9.10. The molecule has 112 valence electrons. The number of hydrogen-bond acceptors (Lipinski definition) is 2. The summed E-state index contributed by atoms with van der Waals surface area (Å²) in [5.74, 6) is 0. The molecule has 0 heterocycles. The molecule has 3 heteroatoms. The molecule has 0 amide bonds. The molecule has 0 spiro atoms. The van der Waals surface area contributed by atoms with Crippen LogP contribution in [-0.2, 0) is 17.6 Å². The van der Waals surface area contributed by atoms with Crippen LogP contribution in [0.15, 0.2) is 22.7 Å². The summed E-state index contributed by atoms with van der Waals surface area (Å²) in [4.78, 5) is 0. The van der Waals surface area contributed by atoms with Gasteiger partial charge in [0.1, 0.15) is 0 Å². The van der Waals surface area contributed by atoms with Crippen LogP contribution in [0.25, 0.3) is 0 Å². The van der Waals surface area contributed by atoms with Crippen molar-refractivity contribution in [1.29, 1.82) is 0 Å². The van der Waals surface area contributed by atoms with E-state index in [0.717, 1.165) is 26.0 Å². The third kappa shape index (κ3) is 4.57. The molecular weight excluding hydrogens is 314 g/mol. The van der Waals surface area contributed by atoms with E-state index >= 15 is 0 Å². The Labute approximate surface area is 131 Å². The quantitative estimate of drug-likeness (QED) is 0.846. The number of hydrogen-bond donors (Lipinski definition) is 1. The number of fused-ring (bicyclic) bond motifs is 1. The van der Waals surface area contributed by atoms with E-state index in [1.807, 2.05) is 0 Å². The summed E-state index contributed by atoms with van der Waals surface area (Å²) < 4.78 is 6.39. The van der Waals surface area contributed by atoms with Crippen LogP contribution in [0, 0.1) is 5.41 Å². The fourth-order valence-corrected chi connectivity index (χ4v) is 3.19. The second-order valence-corrected chi connectivity index (χ2v) is 7.56. The lowest BCUT2D eigenvalue weighted by Crippen LogP contribution is -2.40. The second-order valence-electron chi connectivity index (χ2n) is 6.64. The maximum Gasteiger partial charge on any atom is 0.0467 e. The Balaban J connectivity index is 1.86. The van der Waals surface area contributed by atoms with Gasteiger partial charge in [0.15, 0.2) is 0 Å². The van der Waals surface area contributed by atoms with Gasteiger partial charge in [-0.1, -0.05) is 35.8 Å². The number of nitrogens with one attached hydrogen (secondary N) is 1. The van der Waals surface area contributed by atoms with Gasteiger partial charge >= 0.3 is 0 Å². The summed E-state index contributed by atoms with van der Waals surface area (Å²) in [5, 5.41) is 3.76. The average molecular weight is 340 g/mol. The second kappa shape index (κ2) is 7.06. The Morgan fingerprint density at radius 3 is 2.90 bits per heavy atom. The van der Waals surface area contributed by atoms with Crippen molar-refractivity contribution in [3.63, 3.8) is 0 Å². The maximum absolute atomic E-state index is 5.19. The minimum Gasteiger partial charge on any atom is -0.385 e. The molecular formula is C17H26BrNO. The van der Waals surface area contributed by atoms with Gasteiger partial charge in [0, 0.05) is 30.8 Å². The Morgan fingerprint density at radius 1 is 1.35 bits per heavy atom. The van der Waals surface area contributed by atoms with Crippen molar-refractivity contribution in [3.05, 3.63) is 33.8 Å². The molecule has 1 aromatic rings. The molecule has 1 aromatic carbocycles. The molecule has 1 aliphatic carbocycles. The minimum atomic E-state index is 0.302. The van der Waals surface area contributed by atoms with Crippen molar-refractivity contribution in [3.8, 4) is 0 Å². The van der Waals surface area contributed by atoms with Crippen LogP contribution in [0.5, 0.6) is 0 Å². The Bertz CT molecular complexity index is 445.